The van der Waals surface area contributed by atoms with E-state index in [9.17, 15) is 5.11 Å². The van der Waals surface area contributed by atoms with Gasteiger partial charge in [0.1, 0.15) is 13.2 Å². The molecule has 104 valence electrons. The van der Waals surface area contributed by atoms with E-state index in [0.29, 0.717) is 30.4 Å². The molecule has 0 saturated carbocycles. The molecule has 1 N–H and O–H groups in total. The summed E-state index contributed by atoms with van der Waals surface area (Å²) in [7, 11) is 0. The molecule has 2 aromatic carbocycles. The van der Waals surface area contributed by atoms with Gasteiger partial charge in [0.05, 0.1) is 6.10 Å². The summed E-state index contributed by atoms with van der Waals surface area (Å²) in [6, 6.07) is 13.0. The van der Waals surface area contributed by atoms with Crippen LogP contribution in [0.1, 0.15) is 17.2 Å². The van der Waals surface area contributed by atoms with Crippen molar-refractivity contribution in [3.63, 3.8) is 0 Å². The molecule has 0 amide bonds. The Kier molecular flexibility index (Phi) is 3.81. The molecule has 1 aliphatic heterocycles. The molecule has 3 rings (SSSR count). The van der Waals surface area contributed by atoms with E-state index in [2.05, 4.69) is 0 Å². The van der Waals surface area contributed by atoms with Crippen molar-refractivity contribution in [2.75, 3.05) is 13.2 Å². The van der Waals surface area contributed by atoms with Gasteiger partial charge < -0.3 is 14.6 Å². The zero-order chi connectivity index (χ0) is 13.9. The Labute approximate surface area is 122 Å². The molecule has 1 heterocycles. The SMILES string of the molecule is OC(Cc1ccc(Cl)cc1)c1ccc2c(c1)OCCO2. The number of aliphatic hydroxyl groups excluding tert-OH is 1. The van der Waals surface area contributed by atoms with E-state index < -0.39 is 6.10 Å². The molecule has 3 nitrogen and oxygen atoms in total. The molecule has 0 saturated heterocycles. The topological polar surface area (TPSA) is 38.7 Å². The smallest absolute Gasteiger partial charge is 0.161 e. The number of hydrogen-bond acceptors (Lipinski definition) is 3. The van der Waals surface area contributed by atoms with Crippen molar-refractivity contribution in [3.8, 4) is 11.5 Å². The molecule has 0 radical (unpaired) electrons. The Bertz CT molecular complexity index is 595. The molecule has 4 heteroatoms. The van der Waals surface area contributed by atoms with Crippen molar-refractivity contribution >= 4 is 11.6 Å². The minimum absolute atomic E-state index is 0.539. The lowest BCUT2D eigenvalue weighted by atomic mass is 10.0. The van der Waals surface area contributed by atoms with Crippen LogP contribution in [0.5, 0.6) is 11.5 Å². The third-order valence-electron chi connectivity index (χ3n) is 3.29. The lowest BCUT2D eigenvalue weighted by Crippen LogP contribution is -2.15. The summed E-state index contributed by atoms with van der Waals surface area (Å²) < 4.78 is 11.0. The fraction of sp³-hybridized carbons (Fsp3) is 0.250. The highest BCUT2D eigenvalue weighted by Gasteiger charge is 2.15. The number of rotatable bonds is 3. The molecule has 2 aromatic rings. The van der Waals surface area contributed by atoms with E-state index in [-0.39, 0.29) is 0 Å². The van der Waals surface area contributed by atoms with Crippen LogP contribution >= 0.6 is 11.6 Å². The van der Waals surface area contributed by atoms with Crippen molar-refractivity contribution in [3.05, 3.63) is 58.6 Å². The number of ether oxygens (including phenoxy) is 2. The van der Waals surface area contributed by atoms with Crippen molar-refractivity contribution in [2.24, 2.45) is 0 Å². The monoisotopic (exact) mass is 290 g/mol. The average molecular weight is 291 g/mol. The van der Waals surface area contributed by atoms with Gasteiger partial charge in [-0.05, 0) is 35.4 Å². The first-order valence-electron chi connectivity index (χ1n) is 6.54. The Morgan fingerprint density at radius 3 is 2.45 bits per heavy atom. The number of halogens is 1. The zero-order valence-corrected chi connectivity index (χ0v) is 11.6. The van der Waals surface area contributed by atoms with Crippen molar-refractivity contribution < 1.29 is 14.6 Å². The predicted octanol–water partition coefficient (Wildman–Crippen LogP) is 3.39. The first-order chi connectivity index (χ1) is 9.72. The summed E-state index contributed by atoms with van der Waals surface area (Å²) >= 11 is 5.85. The lowest BCUT2D eigenvalue weighted by Gasteiger charge is -2.20. The molecule has 20 heavy (non-hydrogen) atoms. The summed E-state index contributed by atoms with van der Waals surface area (Å²) in [5, 5.41) is 11.0. The average Bonchev–Trinajstić information content (AvgIpc) is 2.49. The van der Waals surface area contributed by atoms with Crippen LogP contribution in [0.2, 0.25) is 5.02 Å². The second-order valence-electron chi connectivity index (χ2n) is 4.75. The van der Waals surface area contributed by atoms with Crippen molar-refractivity contribution in [1.82, 2.24) is 0 Å². The molecule has 1 atom stereocenters. The molecular weight excluding hydrogens is 276 g/mol. The van der Waals surface area contributed by atoms with Gasteiger partial charge in [0.2, 0.25) is 0 Å². The third kappa shape index (κ3) is 2.89. The molecule has 0 aromatic heterocycles. The van der Waals surface area contributed by atoms with Crippen LogP contribution in [-0.2, 0) is 6.42 Å². The standard InChI is InChI=1S/C16H15ClO3/c17-13-4-1-11(2-5-13)9-14(18)12-3-6-15-16(10-12)20-8-7-19-15/h1-6,10,14,18H,7-9H2. The summed E-state index contributed by atoms with van der Waals surface area (Å²) in [4.78, 5) is 0. The van der Waals surface area contributed by atoms with Crippen LogP contribution < -0.4 is 9.47 Å². The number of benzene rings is 2. The van der Waals surface area contributed by atoms with Crippen LogP contribution in [0.4, 0.5) is 0 Å². The van der Waals surface area contributed by atoms with Crippen LogP contribution in [0.3, 0.4) is 0 Å². The van der Waals surface area contributed by atoms with Gasteiger partial charge in [-0.25, -0.2) is 0 Å². The highest BCUT2D eigenvalue weighted by atomic mass is 35.5. The van der Waals surface area contributed by atoms with E-state index in [4.69, 9.17) is 21.1 Å². The fourth-order valence-electron chi connectivity index (χ4n) is 2.23. The van der Waals surface area contributed by atoms with Gasteiger partial charge in [-0.2, -0.15) is 0 Å². The summed E-state index contributed by atoms with van der Waals surface area (Å²) in [6.07, 6.45) is -0.0383. The second-order valence-corrected chi connectivity index (χ2v) is 5.19. The normalized spacial score (nSPS) is 14.9. The van der Waals surface area contributed by atoms with Crippen molar-refractivity contribution in [1.29, 1.82) is 0 Å². The molecule has 0 aliphatic carbocycles. The quantitative estimate of drug-likeness (QED) is 0.942. The first kappa shape index (κ1) is 13.3. The first-order valence-corrected chi connectivity index (χ1v) is 6.92. The largest absolute Gasteiger partial charge is 0.486 e. The van der Waals surface area contributed by atoms with Gasteiger partial charge in [-0.1, -0.05) is 29.8 Å². The Hall–Kier alpha value is -1.71. The van der Waals surface area contributed by atoms with Crippen LogP contribution in [-0.4, -0.2) is 18.3 Å². The number of hydrogen-bond donors (Lipinski definition) is 1. The summed E-state index contributed by atoms with van der Waals surface area (Å²) in [6.45, 7) is 1.11. The molecule has 1 unspecified atom stereocenters. The van der Waals surface area contributed by atoms with Crippen LogP contribution in [0.15, 0.2) is 42.5 Å². The molecule has 1 aliphatic rings. The molecule has 0 fully saturated rings. The Morgan fingerprint density at radius 2 is 1.70 bits per heavy atom. The van der Waals surface area contributed by atoms with Crippen molar-refractivity contribution in [2.45, 2.75) is 12.5 Å². The van der Waals surface area contributed by atoms with E-state index in [1.54, 1.807) is 0 Å². The van der Waals surface area contributed by atoms with Gasteiger partial charge in [0, 0.05) is 11.4 Å². The third-order valence-corrected chi connectivity index (χ3v) is 3.55. The Balaban J connectivity index is 1.76. The van der Waals surface area contributed by atoms with E-state index >= 15 is 0 Å². The number of fused-ring (bicyclic) bond motifs is 1. The zero-order valence-electron chi connectivity index (χ0n) is 10.9. The summed E-state index contributed by atoms with van der Waals surface area (Å²) in [5.74, 6) is 1.43. The van der Waals surface area contributed by atoms with Gasteiger partial charge in [-0.3, -0.25) is 0 Å². The number of aliphatic hydroxyl groups is 1. The highest BCUT2D eigenvalue weighted by molar-refractivity contribution is 6.30. The minimum atomic E-state index is -0.577. The van der Waals surface area contributed by atoms with Crippen LogP contribution in [0.25, 0.3) is 0 Å². The molecule has 0 bridgehead atoms. The van der Waals surface area contributed by atoms with Gasteiger partial charge in [0.15, 0.2) is 11.5 Å². The maximum Gasteiger partial charge on any atom is 0.161 e. The fourth-order valence-corrected chi connectivity index (χ4v) is 2.35. The van der Waals surface area contributed by atoms with Gasteiger partial charge in [-0.15, -0.1) is 0 Å². The van der Waals surface area contributed by atoms with Crippen LogP contribution in [0, 0.1) is 0 Å². The van der Waals surface area contributed by atoms with E-state index in [0.717, 1.165) is 16.9 Å². The molecular formula is C16H15ClO3. The maximum absolute atomic E-state index is 10.3. The van der Waals surface area contributed by atoms with E-state index in [1.807, 2.05) is 42.5 Å². The minimum Gasteiger partial charge on any atom is -0.486 e. The lowest BCUT2D eigenvalue weighted by molar-refractivity contribution is 0.164. The van der Waals surface area contributed by atoms with Gasteiger partial charge in [0.25, 0.3) is 0 Å². The maximum atomic E-state index is 10.3. The Morgan fingerprint density at radius 1 is 1.00 bits per heavy atom. The second kappa shape index (κ2) is 5.73. The van der Waals surface area contributed by atoms with E-state index in [1.165, 1.54) is 0 Å². The van der Waals surface area contributed by atoms with Gasteiger partial charge >= 0.3 is 0 Å². The molecule has 0 spiro atoms. The highest BCUT2D eigenvalue weighted by Crippen LogP contribution is 2.33. The predicted molar refractivity (Wildman–Crippen MR) is 77.5 cm³/mol. The summed E-state index contributed by atoms with van der Waals surface area (Å²) in [5.41, 5.74) is 1.86.